The predicted octanol–water partition coefficient (Wildman–Crippen LogP) is 7.76. The number of hydrogen-bond donors (Lipinski definition) is 2. The van der Waals surface area contributed by atoms with E-state index in [0.29, 0.717) is 59.9 Å². The Morgan fingerprint density at radius 1 is 0.864 bits per heavy atom. The Balaban J connectivity index is 1.11. The van der Waals surface area contributed by atoms with Gasteiger partial charge in [0.25, 0.3) is 11.8 Å². The third-order valence-corrected chi connectivity index (χ3v) is 13.6. The molecule has 1 saturated carbocycles. The monoisotopic (exact) mass is 843 g/mol. The van der Waals surface area contributed by atoms with Crippen molar-refractivity contribution in [2.45, 2.75) is 55.8 Å². The molecule has 6 atom stereocenters. The number of carbonyl (C=O) groups excluding carboxylic acids is 4. The third-order valence-electron chi connectivity index (χ3n) is 13.0. The fourth-order valence-electron chi connectivity index (χ4n) is 10.4. The lowest BCUT2D eigenvalue weighted by Gasteiger charge is -2.50. The first-order valence-electron chi connectivity index (χ1n) is 19.5. The lowest BCUT2D eigenvalue weighted by molar-refractivity contribution is -0.144. The molecule has 4 aromatic rings. The molecule has 9 rings (SSSR count). The summed E-state index contributed by atoms with van der Waals surface area (Å²) in [5, 5.41) is 12.2. The van der Waals surface area contributed by atoms with Crippen molar-refractivity contribution in [1.29, 1.82) is 0 Å². The molecule has 10 nitrogen and oxygen atoms in total. The van der Waals surface area contributed by atoms with E-state index in [1.165, 1.54) is 16.5 Å². The number of fused-ring (bicyclic) bond motifs is 4. The highest BCUT2D eigenvalue weighted by Crippen LogP contribution is 2.65. The van der Waals surface area contributed by atoms with Crippen molar-refractivity contribution in [2.75, 3.05) is 18.5 Å². The number of likely N-dealkylation sites (tertiary alicyclic amines) is 2. The molecule has 15 heteroatoms. The number of alkyl halides is 3. The van der Waals surface area contributed by atoms with E-state index in [9.17, 15) is 32.7 Å². The first kappa shape index (κ1) is 39.2. The Kier molecular flexibility index (Phi) is 9.83. The SMILES string of the molecule is O=C1C2CC3C(=CCC4C(=O)N(C5CCN(Cc6ccccc6)CC5)C(=O)C43)C(c3ccccc3O)C2(c2ccc(Cl)cc2)C(=O)N1Nc1ncc(C(F)(F)F)cc1Cl. The Morgan fingerprint density at radius 2 is 1.56 bits per heavy atom. The Morgan fingerprint density at radius 3 is 2.24 bits per heavy atom. The van der Waals surface area contributed by atoms with E-state index in [1.54, 1.807) is 42.5 Å². The number of carbonyl (C=O) groups is 4. The molecule has 2 aliphatic carbocycles. The van der Waals surface area contributed by atoms with Crippen molar-refractivity contribution >= 4 is 52.6 Å². The number of nitrogens with zero attached hydrogens (tertiary/aromatic N) is 4. The Bertz CT molecular complexity index is 2390. The average molecular weight is 845 g/mol. The number of aromatic nitrogens is 1. The number of anilines is 1. The molecule has 59 heavy (non-hydrogen) atoms. The maximum atomic E-state index is 15.3. The van der Waals surface area contributed by atoms with Gasteiger partial charge < -0.3 is 5.11 Å². The van der Waals surface area contributed by atoms with E-state index in [2.05, 4.69) is 27.4 Å². The zero-order valence-corrected chi connectivity index (χ0v) is 32.9. The number of nitrogens with one attached hydrogen (secondary N) is 1. The zero-order chi connectivity index (χ0) is 41.4. The van der Waals surface area contributed by atoms with E-state index in [0.717, 1.165) is 11.6 Å². The molecule has 5 aliphatic rings. The molecular formula is C44H38Cl2F3N5O5. The topological polar surface area (TPSA) is 123 Å². The number of para-hydroxylation sites is 1. The van der Waals surface area contributed by atoms with E-state index >= 15 is 4.79 Å². The van der Waals surface area contributed by atoms with Gasteiger partial charge in [-0.3, -0.25) is 34.4 Å². The first-order valence-corrected chi connectivity index (χ1v) is 20.3. The van der Waals surface area contributed by atoms with Crippen LogP contribution < -0.4 is 5.43 Å². The van der Waals surface area contributed by atoms with Crippen LogP contribution >= 0.6 is 23.2 Å². The summed E-state index contributed by atoms with van der Waals surface area (Å²) >= 11 is 12.6. The van der Waals surface area contributed by atoms with Crippen LogP contribution in [0.15, 0.2) is 103 Å². The molecule has 3 saturated heterocycles. The minimum atomic E-state index is -4.75. The van der Waals surface area contributed by atoms with Crippen LogP contribution in [0.4, 0.5) is 19.0 Å². The van der Waals surface area contributed by atoms with Gasteiger partial charge in [0.1, 0.15) is 5.75 Å². The van der Waals surface area contributed by atoms with Crippen LogP contribution in [0.1, 0.15) is 53.9 Å². The van der Waals surface area contributed by atoms with Crippen LogP contribution in [0.2, 0.25) is 10.0 Å². The van der Waals surface area contributed by atoms with Crippen LogP contribution in [-0.4, -0.2) is 67.7 Å². The van der Waals surface area contributed by atoms with Crippen LogP contribution in [0.25, 0.3) is 0 Å². The second-order valence-electron chi connectivity index (χ2n) is 16.0. The molecule has 4 fully saturated rings. The zero-order valence-electron chi connectivity index (χ0n) is 31.4. The van der Waals surface area contributed by atoms with E-state index in [4.69, 9.17) is 23.2 Å². The molecule has 2 N–H and O–H groups in total. The first-order chi connectivity index (χ1) is 28.3. The Labute approximate surface area is 347 Å². The molecule has 0 bridgehead atoms. The summed E-state index contributed by atoms with van der Waals surface area (Å²) < 4.78 is 40.6. The molecule has 304 valence electrons. The van der Waals surface area contributed by atoms with Gasteiger partial charge in [0, 0.05) is 48.4 Å². The molecule has 4 amide bonds. The van der Waals surface area contributed by atoms with Crippen molar-refractivity contribution in [3.05, 3.63) is 135 Å². The van der Waals surface area contributed by atoms with Crippen molar-refractivity contribution in [1.82, 2.24) is 19.8 Å². The summed E-state index contributed by atoms with van der Waals surface area (Å²) in [6.45, 7) is 2.18. The quantitative estimate of drug-likeness (QED) is 0.143. The predicted molar refractivity (Wildman–Crippen MR) is 212 cm³/mol. The van der Waals surface area contributed by atoms with Crippen LogP contribution in [0, 0.1) is 23.7 Å². The van der Waals surface area contributed by atoms with Crippen LogP contribution in [-0.2, 0) is 37.3 Å². The van der Waals surface area contributed by atoms with Gasteiger partial charge >= 0.3 is 6.18 Å². The van der Waals surface area contributed by atoms with Crippen molar-refractivity contribution in [3.63, 3.8) is 0 Å². The van der Waals surface area contributed by atoms with Crippen molar-refractivity contribution < 1.29 is 37.5 Å². The highest BCUT2D eigenvalue weighted by atomic mass is 35.5. The number of pyridine rings is 1. The number of hydrazine groups is 1. The normalized spacial score (nSPS) is 27.4. The second kappa shape index (κ2) is 14.8. The average Bonchev–Trinajstić information content (AvgIpc) is 3.60. The summed E-state index contributed by atoms with van der Waals surface area (Å²) in [6.07, 6.45) is -0.867. The van der Waals surface area contributed by atoms with Gasteiger partial charge in [-0.1, -0.05) is 95.5 Å². The molecule has 1 aromatic heterocycles. The number of aromatic hydroxyl groups is 1. The lowest BCUT2D eigenvalue weighted by Crippen LogP contribution is -2.53. The minimum absolute atomic E-state index is 0.0149. The number of phenolic OH excluding ortho intramolecular Hbond substituents is 1. The molecule has 3 aromatic carbocycles. The third kappa shape index (κ3) is 6.40. The Hall–Kier alpha value is -5.24. The van der Waals surface area contributed by atoms with Gasteiger partial charge in [-0.15, -0.1) is 0 Å². The molecule has 4 heterocycles. The molecule has 6 unspecified atom stereocenters. The van der Waals surface area contributed by atoms with Gasteiger partial charge in [0.2, 0.25) is 11.8 Å². The number of benzene rings is 3. The van der Waals surface area contributed by atoms with Gasteiger partial charge in [0.15, 0.2) is 5.82 Å². The summed E-state index contributed by atoms with van der Waals surface area (Å²) in [5.74, 6) is -6.93. The fraction of sp³-hybridized carbons (Fsp3) is 0.341. The number of halogens is 5. The van der Waals surface area contributed by atoms with E-state index < -0.39 is 63.6 Å². The second-order valence-corrected chi connectivity index (χ2v) is 16.9. The maximum Gasteiger partial charge on any atom is 0.417 e. The van der Waals surface area contributed by atoms with Crippen LogP contribution in [0.5, 0.6) is 5.75 Å². The minimum Gasteiger partial charge on any atom is -0.508 e. The number of piperidine rings is 1. The lowest BCUT2D eigenvalue weighted by atomic mass is 9.49. The fourth-order valence-corrected chi connectivity index (χ4v) is 10.8. The summed E-state index contributed by atoms with van der Waals surface area (Å²) in [7, 11) is 0. The largest absolute Gasteiger partial charge is 0.508 e. The van der Waals surface area contributed by atoms with Gasteiger partial charge in [-0.25, -0.2) is 4.98 Å². The highest BCUT2D eigenvalue weighted by Gasteiger charge is 2.71. The van der Waals surface area contributed by atoms with Gasteiger partial charge in [-0.2, -0.15) is 18.2 Å². The maximum absolute atomic E-state index is 15.3. The van der Waals surface area contributed by atoms with E-state index in [-0.39, 0.29) is 42.3 Å². The van der Waals surface area contributed by atoms with Crippen molar-refractivity contribution in [2.24, 2.45) is 23.7 Å². The highest BCUT2D eigenvalue weighted by molar-refractivity contribution is 6.33. The number of allylic oxidation sites excluding steroid dienone is 2. The van der Waals surface area contributed by atoms with Crippen LogP contribution in [0.3, 0.4) is 0 Å². The number of amides is 4. The van der Waals surface area contributed by atoms with Gasteiger partial charge in [0.05, 0.1) is 33.8 Å². The standard InChI is InChI=1S/C44H38Cl2F3N5O5/c45-27-12-10-25(11-13-27)43-33(40(57)54(42(43)59)51-38-34(46)20-26(22-50-38)44(47,48)49)21-32-29(37(43)30-8-4-5-9-35(30)55)14-15-31-36(32)41(58)53(39(31)56)28-16-18-52(19-17-28)23-24-6-2-1-3-7-24/h1-14,20,22,28,31-33,36-37,55H,15-19,21,23H2,(H,50,51). The molecule has 3 aliphatic heterocycles. The summed E-state index contributed by atoms with van der Waals surface area (Å²) in [6, 6.07) is 23.4. The smallest absolute Gasteiger partial charge is 0.417 e. The van der Waals surface area contributed by atoms with Crippen molar-refractivity contribution in [3.8, 4) is 5.75 Å². The number of phenols is 1. The summed E-state index contributed by atoms with van der Waals surface area (Å²) in [4.78, 5) is 66.9. The molecule has 0 radical (unpaired) electrons. The summed E-state index contributed by atoms with van der Waals surface area (Å²) in [5.41, 5.74) is 2.31. The number of imide groups is 2. The number of hydrogen-bond acceptors (Lipinski definition) is 8. The van der Waals surface area contributed by atoms with Gasteiger partial charge in [-0.05, 0) is 67.0 Å². The molecular weight excluding hydrogens is 806 g/mol. The van der Waals surface area contributed by atoms with E-state index in [1.807, 2.05) is 24.3 Å². The number of rotatable bonds is 7. The molecule has 0 spiro atoms.